The van der Waals surface area contributed by atoms with Crippen LogP contribution in [0.1, 0.15) is 24.3 Å². The van der Waals surface area contributed by atoms with E-state index < -0.39 is 29.4 Å². The average Bonchev–Trinajstić information content (AvgIpc) is 2.77. The average molecular weight is 448 g/mol. The first-order chi connectivity index (χ1) is 15.2. The van der Waals surface area contributed by atoms with Crippen LogP contribution < -0.4 is 15.5 Å². The molecule has 1 fully saturated rings. The van der Waals surface area contributed by atoms with Crippen LogP contribution in [-0.2, 0) is 15.5 Å². The van der Waals surface area contributed by atoms with Crippen LogP contribution in [0, 0.1) is 11.2 Å². The number of carbonyl (C=O) groups is 1. The maximum atomic E-state index is 14.5. The van der Waals surface area contributed by atoms with Crippen molar-refractivity contribution in [3.05, 3.63) is 59.4 Å². The number of amides is 1. The molecule has 32 heavy (non-hydrogen) atoms. The minimum Gasteiger partial charge on any atom is -0.371 e. The van der Waals surface area contributed by atoms with E-state index in [9.17, 15) is 18.0 Å². The predicted octanol–water partition coefficient (Wildman–Crippen LogP) is 3.00. The van der Waals surface area contributed by atoms with Crippen LogP contribution in [0.25, 0.3) is 0 Å². The Morgan fingerprint density at radius 1 is 1.41 bits per heavy atom. The van der Waals surface area contributed by atoms with Gasteiger partial charge in [0.25, 0.3) is 11.8 Å². The van der Waals surface area contributed by atoms with Gasteiger partial charge >= 0.3 is 0 Å². The molecule has 3 rings (SSSR count). The summed E-state index contributed by atoms with van der Waals surface area (Å²) in [4.78, 5) is 21.4. The van der Waals surface area contributed by atoms with Crippen LogP contribution in [0.4, 0.5) is 24.7 Å². The second-order valence-electron chi connectivity index (χ2n) is 7.24. The van der Waals surface area contributed by atoms with E-state index in [1.807, 2.05) is 0 Å². The van der Waals surface area contributed by atoms with E-state index in [1.165, 1.54) is 42.5 Å². The Labute approximate surface area is 183 Å². The standard InChI is InChI=1S/C21H23F3N6O2/c1-21(23,24)18-10-27-11-19(29-18)30(2)12-13(8-25)20(31)28-14-3-4-15(16(22)7-14)17-9-26-5-6-32-17/h3-4,7-8,10-12,17,25-26H,5-6,9H2,1-2H3,(H,28,31)/b13-12+,25-8?/t17-/m1/s1. The molecule has 170 valence electrons. The molecule has 0 spiro atoms. The molecular formula is C21H23F3N6O2. The molecule has 1 atom stereocenters. The zero-order chi connectivity index (χ0) is 23.3. The molecule has 3 N–H and O–H groups in total. The molecule has 2 heterocycles. The van der Waals surface area contributed by atoms with Crippen molar-refractivity contribution in [1.82, 2.24) is 15.3 Å². The molecule has 0 aliphatic carbocycles. The number of hydrogen-bond acceptors (Lipinski definition) is 7. The third-order valence-electron chi connectivity index (χ3n) is 4.72. The summed E-state index contributed by atoms with van der Waals surface area (Å²) in [6, 6.07) is 4.25. The third kappa shape index (κ3) is 5.68. The molecule has 2 aromatic rings. The number of aromatic nitrogens is 2. The molecule has 1 aliphatic rings. The summed E-state index contributed by atoms with van der Waals surface area (Å²) in [6.07, 6.45) is 3.84. The lowest BCUT2D eigenvalue weighted by atomic mass is 10.1. The molecule has 0 bridgehead atoms. The second-order valence-corrected chi connectivity index (χ2v) is 7.24. The summed E-state index contributed by atoms with van der Waals surface area (Å²) >= 11 is 0. The Balaban J connectivity index is 1.73. The molecule has 0 saturated carbocycles. The highest BCUT2D eigenvalue weighted by molar-refractivity contribution is 6.17. The van der Waals surface area contributed by atoms with Crippen LogP contribution in [0.15, 0.2) is 42.4 Å². The topological polar surface area (TPSA) is 103 Å². The number of nitrogens with one attached hydrogen (secondary N) is 3. The number of benzene rings is 1. The number of halogens is 3. The fraction of sp³-hybridized carbons (Fsp3) is 0.333. The van der Waals surface area contributed by atoms with Crippen LogP contribution in [0.3, 0.4) is 0 Å². The van der Waals surface area contributed by atoms with E-state index in [2.05, 4.69) is 20.6 Å². The summed E-state index contributed by atoms with van der Waals surface area (Å²) in [5.41, 5.74) is -0.0529. The lowest BCUT2D eigenvalue weighted by molar-refractivity contribution is -0.112. The number of carbonyl (C=O) groups excluding carboxylic acids is 1. The number of rotatable bonds is 7. The summed E-state index contributed by atoms with van der Waals surface area (Å²) in [5, 5.41) is 13.2. The number of alkyl halides is 2. The lowest BCUT2D eigenvalue weighted by Crippen LogP contribution is -2.33. The van der Waals surface area contributed by atoms with Crippen molar-refractivity contribution in [2.75, 3.05) is 37.0 Å². The number of anilines is 2. The van der Waals surface area contributed by atoms with Gasteiger partial charge in [0.1, 0.15) is 11.5 Å². The first kappa shape index (κ1) is 23.4. The van der Waals surface area contributed by atoms with Crippen molar-refractivity contribution < 1.29 is 22.7 Å². The maximum Gasteiger partial charge on any atom is 0.288 e. The zero-order valence-corrected chi connectivity index (χ0v) is 17.5. The van der Waals surface area contributed by atoms with Gasteiger partial charge in [-0.25, -0.2) is 9.37 Å². The fourth-order valence-electron chi connectivity index (χ4n) is 3.01. The smallest absolute Gasteiger partial charge is 0.288 e. The largest absolute Gasteiger partial charge is 0.371 e. The molecule has 1 amide bonds. The van der Waals surface area contributed by atoms with Gasteiger partial charge in [-0.1, -0.05) is 6.07 Å². The molecular weight excluding hydrogens is 425 g/mol. The molecule has 11 heteroatoms. The first-order valence-corrected chi connectivity index (χ1v) is 9.77. The molecule has 1 aromatic carbocycles. The maximum absolute atomic E-state index is 14.5. The molecule has 0 radical (unpaired) electrons. The number of hydrogen-bond donors (Lipinski definition) is 3. The Morgan fingerprint density at radius 2 is 2.19 bits per heavy atom. The van der Waals surface area contributed by atoms with Gasteiger partial charge in [0.15, 0.2) is 5.82 Å². The predicted molar refractivity (Wildman–Crippen MR) is 113 cm³/mol. The van der Waals surface area contributed by atoms with Gasteiger partial charge in [0.2, 0.25) is 0 Å². The van der Waals surface area contributed by atoms with Crippen LogP contribution in [0.2, 0.25) is 0 Å². The van der Waals surface area contributed by atoms with E-state index in [4.69, 9.17) is 10.1 Å². The van der Waals surface area contributed by atoms with E-state index >= 15 is 0 Å². The van der Waals surface area contributed by atoms with Gasteiger partial charge in [-0.3, -0.25) is 9.78 Å². The van der Waals surface area contributed by atoms with E-state index in [0.717, 1.165) is 12.4 Å². The Kier molecular flexibility index (Phi) is 7.21. The van der Waals surface area contributed by atoms with Crippen molar-refractivity contribution in [3.8, 4) is 0 Å². The molecule has 8 nitrogen and oxygen atoms in total. The van der Waals surface area contributed by atoms with Gasteiger partial charge in [0.05, 0.1) is 30.7 Å². The fourth-order valence-corrected chi connectivity index (χ4v) is 3.01. The monoisotopic (exact) mass is 448 g/mol. The van der Waals surface area contributed by atoms with Crippen LogP contribution in [-0.4, -0.2) is 48.8 Å². The zero-order valence-electron chi connectivity index (χ0n) is 17.5. The summed E-state index contributed by atoms with van der Waals surface area (Å²) < 4.78 is 47.1. The van der Waals surface area contributed by atoms with Gasteiger partial charge in [-0.15, -0.1) is 0 Å². The Hall–Kier alpha value is -3.31. The molecule has 1 aromatic heterocycles. The summed E-state index contributed by atoms with van der Waals surface area (Å²) in [6.45, 7) is 2.38. The van der Waals surface area contributed by atoms with Crippen LogP contribution >= 0.6 is 0 Å². The van der Waals surface area contributed by atoms with Crippen molar-refractivity contribution in [2.45, 2.75) is 19.0 Å². The summed E-state index contributed by atoms with van der Waals surface area (Å²) in [5.74, 6) is -4.32. The van der Waals surface area contributed by atoms with Gasteiger partial charge < -0.3 is 25.7 Å². The Bertz CT molecular complexity index is 1020. The highest BCUT2D eigenvalue weighted by Crippen LogP contribution is 2.26. The quantitative estimate of drug-likeness (QED) is 0.445. The van der Waals surface area contributed by atoms with Crippen LogP contribution in [0.5, 0.6) is 0 Å². The minimum atomic E-state index is -3.18. The van der Waals surface area contributed by atoms with E-state index in [-0.39, 0.29) is 17.1 Å². The second kappa shape index (κ2) is 9.88. The van der Waals surface area contributed by atoms with Crippen molar-refractivity contribution in [1.29, 1.82) is 5.41 Å². The molecule has 0 unspecified atom stereocenters. The highest BCUT2D eigenvalue weighted by Gasteiger charge is 2.27. The van der Waals surface area contributed by atoms with Gasteiger partial charge in [0, 0.05) is 50.7 Å². The van der Waals surface area contributed by atoms with Crippen molar-refractivity contribution in [2.24, 2.45) is 0 Å². The number of nitrogens with zero attached hydrogens (tertiary/aromatic N) is 3. The lowest BCUT2D eigenvalue weighted by Gasteiger charge is -2.24. The molecule has 1 aliphatic heterocycles. The normalized spacial score (nSPS) is 17.0. The van der Waals surface area contributed by atoms with Gasteiger partial charge in [-0.2, -0.15) is 8.78 Å². The number of ether oxygens (including phenoxy) is 1. The van der Waals surface area contributed by atoms with E-state index in [0.29, 0.717) is 32.2 Å². The summed E-state index contributed by atoms with van der Waals surface area (Å²) in [7, 11) is 1.48. The third-order valence-corrected chi connectivity index (χ3v) is 4.72. The molecule has 1 saturated heterocycles. The highest BCUT2D eigenvalue weighted by atomic mass is 19.3. The van der Waals surface area contributed by atoms with Crippen molar-refractivity contribution in [3.63, 3.8) is 0 Å². The number of morpholine rings is 1. The van der Waals surface area contributed by atoms with Crippen molar-refractivity contribution >= 4 is 23.6 Å². The van der Waals surface area contributed by atoms with E-state index in [1.54, 1.807) is 0 Å². The Morgan fingerprint density at radius 3 is 2.81 bits per heavy atom. The van der Waals surface area contributed by atoms with Gasteiger partial charge in [-0.05, 0) is 12.1 Å². The minimum absolute atomic E-state index is 0.0627. The SMILES string of the molecule is CN(/C=C(\C=N)C(=O)Nc1ccc([C@H]2CNCCO2)c(F)c1)c1cncc(C(C)(F)F)n1. The first-order valence-electron chi connectivity index (χ1n) is 9.77.